The van der Waals surface area contributed by atoms with Crippen LogP contribution in [-0.2, 0) is 6.42 Å². The van der Waals surface area contributed by atoms with Gasteiger partial charge in [-0.25, -0.2) is 4.79 Å². The molecule has 1 aromatic carbocycles. The number of hydrogen-bond donors (Lipinski definition) is 1. The zero-order valence-electron chi connectivity index (χ0n) is 13.2. The number of para-hydroxylation sites is 1. The molecule has 1 aromatic rings. The molecule has 7 heteroatoms. The average Bonchev–Trinajstić information content (AvgIpc) is 2.70. The molecule has 0 aromatic heterocycles. The molecule has 2 rings (SSSR count). The molecular formula is C16H22F3N3O. The number of urea groups is 1. The number of halogens is 3. The summed E-state index contributed by atoms with van der Waals surface area (Å²) in [6.45, 7) is 3.00. The van der Waals surface area contributed by atoms with Crippen LogP contribution in [0.4, 0.5) is 23.7 Å². The van der Waals surface area contributed by atoms with E-state index < -0.39 is 12.6 Å². The first kappa shape index (κ1) is 17.6. The van der Waals surface area contributed by atoms with Crippen LogP contribution in [-0.4, -0.2) is 55.2 Å². The standard InChI is InChI=1S/C16H22F3N3O/c1-21-9-4-10-22(12-11-21)15(23)20-14-6-3-2-5-13(14)7-8-16(17,18)19/h2-3,5-6H,4,7-12H2,1H3,(H,20,23). The topological polar surface area (TPSA) is 35.6 Å². The molecule has 1 N–H and O–H groups in total. The molecule has 1 aliphatic rings. The monoisotopic (exact) mass is 329 g/mol. The van der Waals surface area contributed by atoms with Crippen molar-refractivity contribution in [2.75, 3.05) is 38.5 Å². The molecule has 4 nitrogen and oxygen atoms in total. The lowest BCUT2D eigenvalue weighted by Crippen LogP contribution is -2.37. The second-order valence-electron chi connectivity index (χ2n) is 5.85. The van der Waals surface area contributed by atoms with Crippen LogP contribution in [0.1, 0.15) is 18.4 Å². The Morgan fingerprint density at radius 3 is 2.65 bits per heavy atom. The van der Waals surface area contributed by atoms with Gasteiger partial charge in [0.2, 0.25) is 0 Å². The minimum Gasteiger partial charge on any atom is -0.323 e. The van der Waals surface area contributed by atoms with Crippen LogP contribution in [0, 0.1) is 0 Å². The van der Waals surface area contributed by atoms with E-state index in [9.17, 15) is 18.0 Å². The molecular weight excluding hydrogens is 307 g/mol. The fourth-order valence-corrected chi connectivity index (χ4v) is 2.58. The van der Waals surface area contributed by atoms with Crippen molar-refractivity contribution in [3.05, 3.63) is 29.8 Å². The van der Waals surface area contributed by atoms with Crippen LogP contribution in [0.3, 0.4) is 0 Å². The number of anilines is 1. The van der Waals surface area contributed by atoms with Crippen molar-refractivity contribution in [2.45, 2.75) is 25.4 Å². The van der Waals surface area contributed by atoms with Gasteiger partial charge in [-0.15, -0.1) is 0 Å². The highest BCUT2D eigenvalue weighted by molar-refractivity contribution is 5.90. The average molecular weight is 329 g/mol. The number of rotatable bonds is 3. The van der Waals surface area contributed by atoms with Crippen LogP contribution >= 0.6 is 0 Å². The van der Waals surface area contributed by atoms with E-state index >= 15 is 0 Å². The molecule has 0 aliphatic carbocycles. The zero-order chi connectivity index (χ0) is 16.9. The number of amides is 2. The molecule has 0 bridgehead atoms. The quantitative estimate of drug-likeness (QED) is 0.923. The number of nitrogens with zero attached hydrogens (tertiary/aromatic N) is 2. The second-order valence-corrected chi connectivity index (χ2v) is 5.85. The Morgan fingerprint density at radius 1 is 1.17 bits per heavy atom. The summed E-state index contributed by atoms with van der Waals surface area (Å²) in [4.78, 5) is 16.2. The lowest BCUT2D eigenvalue weighted by Gasteiger charge is -2.22. The van der Waals surface area contributed by atoms with Crippen molar-refractivity contribution in [1.29, 1.82) is 0 Å². The third-order valence-corrected chi connectivity index (χ3v) is 3.94. The van der Waals surface area contributed by atoms with Gasteiger partial charge in [0.1, 0.15) is 0 Å². The summed E-state index contributed by atoms with van der Waals surface area (Å²) < 4.78 is 37.2. The summed E-state index contributed by atoms with van der Waals surface area (Å²) in [6.07, 6.45) is -4.34. The maximum atomic E-state index is 12.4. The molecule has 2 amide bonds. The van der Waals surface area contributed by atoms with E-state index in [4.69, 9.17) is 0 Å². The molecule has 0 spiro atoms. The Bertz CT molecular complexity index is 534. The van der Waals surface area contributed by atoms with E-state index in [1.165, 1.54) is 0 Å². The number of benzene rings is 1. The minimum absolute atomic E-state index is 0.136. The van der Waals surface area contributed by atoms with E-state index in [1.54, 1.807) is 29.2 Å². The molecule has 0 atom stereocenters. The van der Waals surface area contributed by atoms with Crippen molar-refractivity contribution >= 4 is 11.7 Å². The van der Waals surface area contributed by atoms with Crippen molar-refractivity contribution in [3.63, 3.8) is 0 Å². The maximum Gasteiger partial charge on any atom is 0.389 e. The van der Waals surface area contributed by atoms with Gasteiger partial charge < -0.3 is 15.1 Å². The third-order valence-electron chi connectivity index (χ3n) is 3.94. The van der Waals surface area contributed by atoms with Crippen molar-refractivity contribution < 1.29 is 18.0 Å². The van der Waals surface area contributed by atoms with Gasteiger partial charge in [0.25, 0.3) is 0 Å². The second kappa shape index (κ2) is 7.68. The molecule has 0 unspecified atom stereocenters. The van der Waals surface area contributed by atoms with Gasteiger partial charge in [-0.2, -0.15) is 13.2 Å². The number of carbonyl (C=O) groups excluding carboxylic acids is 1. The number of hydrogen-bond acceptors (Lipinski definition) is 2. The van der Waals surface area contributed by atoms with Gasteiger partial charge in [0.05, 0.1) is 0 Å². The SMILES string of the molecule is CN1CCCN(C(=O)Nc2ccccc2CCC(F)(F)F)CC1. The van der Waals surface area contributed by atoms with Gasteiger partial charge in [0.15, 0.2) is 0 Å². The molecule has 0 radical (unpaired) electrons. The van der Waals surface area contributed by atoms with Gasteiger partial charge in [-0.1, -0.05) is 18.2 Å². The van der Waals surface area contributed by atoms with Crippen LogP contribution in [0.25, 0.3) is 0 Å². The predicted molar refractivity (Wildman–Crippen MR) is 83.5 cm³/mol. The summed E-state index contributed by atoms with van der Waals surface area (Å²) in [5.74, 6) is 0. The van der Waals surface area contributed by atoms with Crippen LogP contribution < -0.4 is 5.32 Å². The Labute approximate surface area is 134 Å². The molecule has 1 saturated heterocycles. The van der Waals surface area contributed by atoms with Gasteiger partial charge in [-0.05, 0) is 38.1 Å². The Morgan fingerprint density at radius 2 is 1.91 bits per heavy atom. The van der Waals surface area contributed by atoms with Crippen LogP contribution in [0.2, 0.25) is 0 Å². The Kier molecular flexibility index (Phi) is 5.87. The molecule has 1 fully saturated rings. The minimum atomic E-state index is -4.20. The molecule has 128 valence electrons. The third kappa shape index (κ3) is 5.74. The van der Waals surface area contributed by atoms with Gasteiger partial charge >= 0.3 is 12.2 Å². The first-order chi connectivity index (χ1) is 10.8. The van der Waals surface area contributed by atoms with Crippen molar-refractivity contribution in [3.8, 4) is 0 Å². The number of aryl methyl sites for hydroxylation is 1. The van der Waals surface area contributed by atoms with Gasteiger partial charge in [-0.3, -0.25) is 0 Å². The zero-order valence-corrected chi connectivity index (χ0v) is 13.2. The smallest absolute Gasteiger partial charge is 0.323 e. The predicted octanol–water partition coefficient (Wildman–Crippen LogP) is 3.35. The first-order valence-corrected chi connectivity index (χ1v) is 7.74. The van der Waals surface area contributed by atoms with E-state index in [1.807, 2.05) is 7.05 Å². The summed E-state index contributed by atoms with van der Waals surface area (Å²) in [5.41, 5.74) is 0.962. The highest BCUT2D eigenvalue weighted by Gasteiger charge is 2.27. The van der Waals surface area contributed by atoms with Crippen molar-refractivity contribution in [1.82, 2.24) is 9.80 Å². The summed E-state index contributed by atoms with van der Waals surface area (Å²) >= 11 is 0. The number of nitrogens with one attached hydrogen (secondary N) is 1. The van der Waals surface area contributed by atoms with Crippen LogP contribution in [0.5, 0.6) is 0 Å². The number of alkyl halides is 3. The molecule has 23 heavy (non-hydrogen) atoms. The highest BCUT2D eigenvalue weighted by atomic mass is 19.4. The van der Waals surface area contributed by atoms with E-state index in [0.717, 1.165) is 19.5 Å². The Hall–Kier alpha value is -1.76. The normalized spacial score (nSPS) is 17.0. The summed E-state index contributed by atoms with van der Waals surface area (Å²) in [6, 6.07) is 6.41. The van der Waals surface area contributed by atoms with E-state index in [2.05, 4.69) is 10.2 Å². The maximum absolute atomic E-state index is 12.4. The number of likely N-dealkylation sites (N-methyl/N-ethyl adjacent to an activating group) is 1. The Balaban J connectivity index is 2.00. The molecule has 0 saturated carbocycles. The fourth-order valence-electron chi connectivity index (χ4n) is 2.58. The lowest BCUT2D eigenvalue weighted by atomic mass is 10.1. The van der Waals surface area contributed by atoms with Crippen molar-refractivity contribution in [2.24, 2.45) is 0 Å². The largest absolute Gasteiger partial charge is 0.389 e. The molecule has 1 aliphatic heterocycles. The van der Waals surface area contributed by atoms with Crippen LogP contribution in [0.15, 0.2) is 24.3 Å². The summed E-state index contributed by atoms with van der Waals surface area (Å²) in [5, 5.41) is 2.76. The van der Waals surface area contributed by atoms with E-state index in [-0.39, 0.29) is 12.5 Å². The fraction of sp³-hybridized carbons (Fsp3) is 0.562. The molecule has 1 heterocycles. The lowest BCUT2D eigenvalue weighted by molar-refractivity contribution is -0.133. The van der Waals surface area contributed by atoms with Gasteiger partial charge in [0, 0.05) is 31.7 Å². The first-order valence-electron chi connectivity index (χ1n) is 7.74. The highest BCUT2D eigenvalue weighted by Crippen LogP contribution is 2.25. The van der Waals surface area contributed by atoms with E-state index in [0.29, 0.717) is 24.3 Å². The number of carbonyl (C=O) groups is 1. The summed E-state index contributed by atoms with van der Waals surface area (Å²) in [7, 11) is 2.01.